The van der Waals surface area contributed by atoms with Gasteiger partial charge in [-0.1, -0.05) is 0 Å². The molecule has 1 aromatic rings. The summed E-state index contributed by atoms with van der Waals surface area (Å²) in [5.74, 6) is -0.161. The lowest BCUT2D eigenvalue weighted by Crippen LogP contribution is -2.50. The summed E-state index contributed by atoms with van der Waals surface area (Å²) in [5.41, 5.74) is 5.41. The van der Waals surface area contributed by atoms with Crippen LogP contribution in [0.2, 0.25) is 0 Å². The average Bonchev–Trinajstić information content (AvgIpc) is 2.52. The van der Waals surface area contributed by atoms with Gasteiger partial charge in [-0.3, -0.25) is 14.9 Å². The molecule has 2 rings (SSSR count). The van der Waals surface area contributed by atoms with Crippen LogP contribution in [0.5, 0.6) is 0 Å². The Morgan fingerprint density at radius 2 is 1.91 bits per heavy atom. The number of nitro benzene ring substituents is 1. The largest absolute Gasteiger partial charge is 0.362 e. The molecule has 1 aliphatic heterocycles. The molecule has 0 saturated carbocycles. The number of carbonyl (C=O) groups excluding carboxylic acids is 1. The third-order valence-corrected chi connectivity index (χ3v) is 4.83. The molecule has 9 nitrogen and oxygen atoms in total. The van der Waals surface area contributed by atoms with Gasteiger partial charge in [0, 0.05) is 38.5 Å². The van der Waals surface area contributed by atoms with E-state index in [1.54, 1.807) is 9.80 Å². The highest BCUT2D eigenvalue weighted by atomic mass is 32.2. The molecule has 2 N–H and O–H groups in total. The number of sulfone groups is 1. The molecule has 0 unspecified atom stereocenters. The molecule has 1 aromatic carbocycles. The third-order valence-electron chi connectivity index (χ3n) is 3.72. The van der Waals surface area contributed by atoms with Crippen LogP contribution in [0.1, 0.15) is 0 Å². The number of nitro groups is 1. The summed E-state index contributed by atoms with van der Waals surface area (Å²) in [6.07, 6.45) is 1.00. The molecular formula is C13H18N4O5S. The molecular weight excluding hydrogens is 324 g/mol. The van der Waals surface area contributed by atoms with E-state index >= 15 is 0 Å². The summed E-state index contributed by atoms with van der Waals surface area (Å²) in [6.45, 7) is 1.61. The third kappa shape index (κ3) is 3.77. The first-order valence-corrected chi connectivity index (χ1v) is 8.84. The zero-order valence-electron chi connectivity index (χ0n) is 12.6. The normalized spacial score (nSPS) is 15.6. The average molecular weight is 342 g/mol. The van der Waals surface area contributed by atoms with Gasteiger partial charge in [0.1, 0.15) is 5.69 Å². The fraction of sp³-hybridized carbons (Fsp3) is 0.462. The van der Waals surface area contributed by atoms with Gasteiger partial charge in [0.05, 0.1) is 16.4 Å². The van der Waals surface area contributed by atoms with Gasteiger partial charge < -0.3 is 15.5 Å². The summed E-state index contributed by atoms with van der Waals surface area (Å²) in [4.78, 5) is 25.5. The van der Waals surface area contributed by atoms with E-state index in [-0.39, 0.29) is 23.0 Å². The summed E-state index contributed by atoms with van der Waals surface area (Å²) < 4.78 is 23.1. The second kappa shape index (κ2) is 6.50. The van der Waals surface area contributed by atoms with Crippen molar-refractivity contribution in [1.82, 2.24) is 4.90 Å². The van der Waals surface area contributed by atoms with Crippen molar-refractivity contribution >= 4 is 27.1 Å². The number of amides is 1. The number of anilines is 1. The molecule has 0 radical (unpaired) electrons. The number of piperazine rings is 1. The highest BCUT2D eigenvalue weighted by molar-refractivity contribution is 7.90. The predicted octanol–water partition coefficient (Wildman–Crippen LogP) is -0.394. The van der Waals surface area contributed by atoms with Crippen molar-refractivity contribution in [1.29, 1.82) is 0 Å². The highest BCUT2D eigenvalue weighted by Gasteiger charge is 2.26. The Morgan fingerprint density at radius 1 is 1.30 bits per heavy atom. The van der Waals surface area contributed by atoms with Gasteiger partial charge in [-0.15, -0.1) is 0 Å². The first-order valence-electron chi connectivity index (χ1n) is 6.95. The highest BCUT2D eigenvalue weighted by Crippen LogP contribution is 2.31. The minimum Gasteiger partial charge on any atom is -0.362 e. The van der Waals surface area contributed by atoms with Gasteiger partial charge >= 0.3 is 0 Å². The number of hydrogen-bond acceptors (Lipinski definition) is 7. The molecule has 1 heterocycles. The Hall–Kier alpha value is -2.20. The number of carbonyl (C=O) groups is 1. The second-order valence-corrected chi connectivity index (χ2v) is 7.27. The summed E-state index contributed by atoms with van der Waals surface area (Å²) >= 11 is 0. The van der Waals surface area contributed by atoms with E-state index < -0.39 is 14.8 Å². The van der Waals surface area contributed by atoms with E-state index in [1.165, 1.54) is 12.1 Å². The van der Waals surface area contributed by atoms with Crippen molar-refractivity contribution in [2.75, 3.05) is 43.9 Å². The molecule has 126 valence electrons. The lowest BCUT2D eigenvalue weighted by Gasteiger charge is -2.35. The standard InChI is InChI=1S/C13H18N4O5S/c1-23(21,22)10-2-3-11(12(8-10)17(19)20)15-4-6-16(7-5-15)13(18)9-14/h2-3,8H,4-7,9,14H2,1H3. The van der Waals surface area contributed by atoms with Crippen molar-refractivity contribution in [3.63, 3.8) is 0 Å². The van der Waals surface area contributed by atoms with Gasteiger partial charge in [0.15, 0.2) is 9.84 Å². The van der Waals surface area contributed by atoms with Gasteiger partial charge in [-0.2, -0.15) is 0 Å². The molecule has 1 aliphatic rings. The van der Waals surface area contributed by atoms with E-state index in [0.29, 0.717) is 31.9 Å². The van der Waals surface area contributed by atoms with Crippen LogP contribution >= 0.6 is 0 Å². The topological polar surface area (TPSA) is 127 Å². The monoisotopic (exact) mass is 342 g/mol. The van der Waals surface area contributed by atoms with Crippen LogP contribution in [0, 0.1) is 10.1 Å². The maximum Gasteiger partial charge on any atom is 0.293 e. The fourth-order valence-corrected chi connectivity index (χ4v) is 3.11. The fourth-order valence-electron chi connectivity index (χ4n) is 2.47. The van der Waals surface area contributed by atoms with E-state index in [0.717, 1.165) is 12.3 Å². The molecule has 1 saturated heterocycles. The van der Waals surface area contributed by atoms with Crippen molar-refractivity contribution in [3.8, 4) is 0 Å². The van der Waals surface area contributed by atoms with Crippen LogP contribution in [0.25, 0.3) is 0 Å². The van der Waals surface area contributed by atoms with E-state index in [1.807, 2.05) is 0 Å². The molecule has 0 aliphatic carbocycles. The number of hydrogen-bond donors (Lipinski definition) is 1. The van der Waals surface area contributed by atoms with Crippen molar-refractivity contribution in [2.24, 2.45) is 5.73 Å². The minimum atomic E-state index is -3.52. The number of nitrogens with two attached hydrogens (primary N) is 1. The lowest BCUT2D eigenvalue weighted by atomic mass is 10.2. The number of rotatable bonds is 4. The summed E-state index contributed by atoms with van der Waals surface area (Å²) in [5, 5.41) is 11.3. The number of nitrogens with zero attached hydrogens (tertiary/aromatic N) is 3. The van der Waals surface area contributed by atoms with Crippen LogP contribution < -0.4 is 10.6 Å². The Morgan fingerprint density at radius 3 is 2.39 bits per heavy atom. The van der Waals surface area contributed by atoms with Crippen LogP contribution in [0.3, 0.4) is 0 Å². The molecule has 0 spiro atoms. The second-order valence-electron chi connectivity index (χ2n) is 5.25. The number of benzene rings is 1. The molecule has 23 heavy (non-hydrogen) atoms. The Bertz CT molecular complexity index is 726. The van der Waals surface area contributed by atoms with Crippen molar-refractivity contribution < 1.29 is 18.1 Å². The van der Waals surface area contributed by atoms with Gasteiger partial charge in [0.2, 0.25) is 5.91 Å². The first kappa shape index (κ1) is 17.2. The van der Waals surface area contributed by atoms with Crippen LogP contribution in [-0.4, -0.2) is 63.1 Å². The van der Waals surface area contributed by atoms with E-state index in [2.05, 4.69) is 0 Å². The van der Waals surface area contributed by atoms with Crippen molar-refractivity contribution in [3.05, 3.63) is 28.3 Å². The van der Waals surface area contributed by atoms with Crippen LogP contribution in [0.4, 0.5) is 11.4 Å². The first-order chi connectivity index (χ1) is 10.7. The lowest BCUT2D eigenvalue weighted by molar-refractivity contribution is -0.384. The predicted molar refractivity (Wildman–Crippen MR) is 84.1 cm³/mol. The quantitative estimate of drug-likeness (QED) is 0.583. The van der Waals surface area contributed by atoms with Gasteiger partial charge in [-0.05, 0) is 12.1 Å². The zero-order chi connectivity index (χ0) is 17.2. The molecule has 0 aromatic heterocycles. The molecule has 0 bridgehead atoms. The maximum atomic E-state index is 11.6. The molecule has 10 heteroatoms. The summed E-state index contributed by atoms with van der Waals surface area (Å²) in [6, 6.07) is 3.87. The zero-order valence-corrected chi connectivity index (χ0v) is 13.5. The Balaban J connectivity index is 2.27. The van der Waals surface area contributed by atoms with E-state index in [4.69, 9.17) is 5.73 Å². The smallest absolute Gasteiger partial charge is 0.293 e. The van der Waals surface area contributed by atoms with E-state index in [9.17, 15) is 23.3 Å². The minimum absolute atomic E-state index is 0.0663. The summed E-state index contributed by atoms with van der Waals surface area (Å²) in [7, 11) is -3.52. The molecule has 0 atom stereocenters. The Kier molecular flexibility index (Phi) is 4.85. The van der Waals surface area contributed by atoms with Gasteiger partial charge in [0.25, 0.3) is 5.69 Å². The van der Waals surface area contributed by atoms with Gasteiger partial charge in [-0.25, -0.2) is 8.42 Å². The van der Waals surface area contributed by atoms with Crippen LogP contribution in [-0.2, 0) is 14.6 Å². The maximum absolute atomic E-state index is 11.6. The molecule has 1 fully saturated rings. The SMILES string of the molecule is CS(=O)(=O)c1ccc(N2CCN(C(=O)CN)CC2)c([N+](=O)[O-])c1. The van der Waals surface area contributed by atoms with Crippen molar-refractivity contribution in [2.45, 2.75) is 4.90 Å². The van der Waals surface area contributed by atoms with Crippen LogP contribution in [0.15, 0.2) is 23.1 Å². The molecule has 1 amide bonds. The Labute approximate surface area is 133 Å².